The van der Waals surface area contributed by atoms with Crippen molar-refractivity contribution in [2.75, 3.05) is 27.8 Å². The highest BCUT2D eigenvalue weighted by atomic mass is 16.5. The van der Waals surface area contributed by atoms with Gasteiger partial charge in [0.1, 0.15) is 0 Å². The second-order valence-corrected chi connectivity index (χ2v) is 3.76. The molecule has 1 aromatic rings. The van der Waals surface area contributed by atoms with Crippen molar-refractivity contribution in [3.8, 4) is 0 Å². The largest absolute Gasteiger partial charge is 0.465 e. The maximum Gasteiger partial charge on any atom is 0.337 e. The summed E-state index contributed by atoms with van der Waals surface area (Å²) in [5.41, 5.74) is 1.59. The molecule has 18 heavy (non-hydrogen) atoms. The van der Waals surface area contributed by atoms with E-state index in [0.717, 1.165) is 12.1 Å². The fourth-order valence-electron chi connectivity index (χ4n) is 1.58. The molecule has 1 rings (SSSR count). The molecular weight excluding hydrogens is 234 g/mol. The van der Waals surface area contributed by atoms with Gasteiger partial charge in [0.2, 0.25) is 0 Å². The van der Waals surface area contributed by atoms with Gasteiger partial charge in [0.05, 0.1) is 25.3 Å². The van der Waals surface area contributed by atoms with E-state index >= 15 is 0 Å². The molecule has 5 heteroatoms. The van der Waals surface area contributed by atoms with Gasteiger partial charge in [0.25, 0.3) is 0 Å². The molecule has 1 aromatic carbocycles. The van der Waals surface area contributed by atoms with E-state index < -0.39 is 11.9 Å². The Labute approximate surface area is 106 Å². The molecule has 0 saturated heterocycles. The average Bonchev–Trinajstić information content (AvgIpc) is 2.42. The summed E-state index contributed by atoms with van der Waals surface area (Å²) in [5, 5.41) is 3.01. The van der Waals surface area contributed by atoms with Crippen LogP contribution >= 0.6 is 0 Å². The zero-order chi connectivity index (χ0) is 13.5. The number of carbonyl (C=O) groups is 2. The van der Waals surface area contributed by atoms with Crippen LogP contribution in [0.5, 0.6) is 0 Å². The summed E-state index contributed by atoms with van der Waals surface area (Å²) in [7, 11) is 4.45. The highest BCUT2D eigenvalue weighted by Gasteiger charge is 2.13. The number of hydrogen-bond donors (Lipinski definition) is 1. The van der Waals surface area contributed by atoms with E-state index in [1.165, 1.54) is 20.3 Å². The van der Waals surface area contributed by atoms with Gasteiger partial charge in [0.15, 0.2) is 0 Å². The minimum Gasteiger partial charge on any atom is -0.465 e. The summed E-state index contributed by atoms with van der Waals surface area (Å²) in [4.78, 5) is 23.0. The molecule has 5 nitrogen and oxygen atoms in total. The molecule has 0 unspecified atom stereocenters. The van der Waals surface area contributed by atoms with Crippen molar-refractivity contribution in [3.05, 3.63) is 34.9 Å². The SMILES string of the molecule is CNCCc1cc(C(=O)OC)cc(C(=O)OC)c1. The Morgan fingerprint density at radius 3 is 1.94 bits per heavy atom. The molecule has 0 fully saturated rings. The Hall–Kier alpha value is -1.88. The van der Waals surface area contributed by atoms with Gasteiger partial charge in [-0.1, -0.05) is 0 Å². The Balaban J connectivity index is 3.11. The van der Waals surface area contributed by atoms with Gasteiger partial charge in [-0.3, -0.25) is 0 Å². The molecule has 0 spiro atoms. The highest BCUT2D eigenvalue weighted by molar-refractivity contribution is 5.95. The first-order valence-corrected chi connectivity index (χ1v) is 5.57. The minimum absolute atomic E-state index is 0.353. The van der Waals surface area contributed by atoms with Crippen LogP contribution in [0.1, 0.15) is 26.3 Å². The zero-order valence-electron chi connectivity index (χ0n) is 10.8. The van der Waals surface area contributed by atoms with E-state index in [4.69, 9.17) is 0 Å². The van der Waals surface area contributed by atoms with Crippen LogP contribution in [0.25, 0.3) is 0 Å². The maximum absolute atomic E-state index is 11.5. The monoisotopic (exact) mass is 251 g/mol. The standard InChI is InChI=1S/C13H17NO4/c1-14-5-4-9-6-10(12(15)17-2)8-11(7-9)13(16)18-3/h6-8,14H,4-5H2,1-3H3. The molecule has 0 aliphatic carbocycles. The second-order valence-electron chi connectivity index (χ2n) is 3.76. The van der Waals surface area contributed by atoms with Crippen LogP contribution in [0, 0.1) is 0 Å². The van der Waals surface area contributed by atoms with E-state index in [1.807, 2.05) is 7.05 Å². The average molecular weight is 251 g/mol. The van der Waals surface area contributed by atoms with E-state index in [1.54, 1.807) is 12.1 Å². The van der Waals surface area contributed by atoms with Crippen LogP contribution < -0.4 is 5.32 Å². The van der Waals surface area contributed by atoms with E-state index in [2.05, 4.69) is 14.8 Å². The van der Waals surface area contributed by atoms with Gasteiger partial charge in [0, 0.05) is 0 Å². The van der Waals surface area contributed by atoms with E-state index in [0.29, 0.717) is 17.5 Å². The predicted molar refractivity (Wildman–Crippen MR) is 66.8 cm³/mol. The predicted octanol–water partition coefficient (Wildman–Crippen LogP) is 1.02. The molecule has 0 aliphatic heterocycles. The van der Waals surface area contributed by atoms with Crippen LogP contribution in [0.4, 0.5) is 0 Å². The van der Waals surface area contributed by atoms with Gasteiger partial charge >= 0.3 is 11.9 Å². The number of nitrogens with one attached hydrogen (secondary N) is 1. The van der Waals surface area contributed by atoms with Crippen molar-refractivity contribution in [2.45, 2.75) is 6.42 Å². The fraction of sp³-hybridized carbons (Fsp3) is 0.385. The van der Waals surface area contributed by atoms with E-state index in [-0.39, 0.29) is 0 Å². The number of carbonyl (C=O) groups excluding carboxylic acids is 2. The summed E-state index contributed by atoms with van der Waals surface area (Å²) in [6, 6.07) is 4.91. The van der Waals surface area contributed by atoms with Gasteiger partial charge in [-0.05, 0) is 43.8 Å². The lowest BCUT2D eigenvalue weighted by Gasteiger charge is -2.07. The summed E-state index contributed by atoms with van der Waals surface area (Å²) in [5.74, 6) is -0.932. The number of likely N-dealkylation sites (N-methyl/N-ethyl adjacent to an activating group) is 1. The molecule has 0 aromatic heterocycles. The molecule has 0 amide bonds. The van der Waals surface area contributed by atoms with Crippen LogP contribution in [-0.4, -0.2) is 39.8 Å². The third kappa shape index (κ3) is 3.56. The second kappa shape index (κ2) is 6.76. The van der Waals surface area contributed by atoms with Gasteiger partial charge in [-0.25, -0.2) is 9.59 Å². The zero-order valence-corrected chi connectivity index (χ0v) is 10.8. The molecule has 0 saturated carbocycles. The van der Waals surface area contributed by atoms with Gasteiger partial charge < -0.3 is 14.8 Å². The Bertz CT molecular complexity index is 408. The van der Waals surface area contributed by atoms with Crippen LogP contribution in [0.3, 0.4) is 0 Å². The Morgan fingerprint density at radius 2 is 1.56 bits per heavy atom. The molecule has 0 radical (unpaired) electrons. The number of hydrogen-bond acceptors (Lipinski definition) is 5. The number of benzene rings is 1. The first kappa shape index (κ1) is 14.2. The first-order valence-electron chi connectivity index (χ1n) is 5.57. The fourth-order valence-corrected chi connectivity index (χ4v) is 1.58. The molecule has 0 bridgehead atoms. The summed E-state index contributed by atoms with van der Waals surface area (Å²) >= 11 is 0. The van der Waals surface area contributed by atoms with Crippen molar-refractivity contribution >= 4 is 11.9 Å². The lowest BCUT2D eigenvalue weighted by molar-refractivity contribution is 0.0599. The number of esters is 2. The summed E-state index contributed by atoms with van der Waals surface area (Å²) in [6.07, 6.45) is 0.714. The quantitative estimate of drug-likeness (QED) is 0.792. The lowest BCUT2D eigenvalue weighted by Crippen LogP contribution is -2.12. The summed E-state index contributed by atoms with van der Waals surface area (Å²) < 4.78 is 9.31. The summed E-state index contributed by atoms with van der Waals surface area (Å²) in [6.45, 7) is 0.755. The number of methoxy groups -OCH3 is 2. The third-order valence-electron chi connectivity index (χ3n) is 2.50. The van der Waals surface area contributed by atoms with Crippen molar-refractivity contribution in [1.82, 2.24) is 5.32 Å². The van der Waals surface area contributed by atoms with Crippen LogP contribution in [0.2, 0.25) is 0 Å². The van der Waals surface area contributed by atoms with Crippen molar-refractivity contribution in [2.24, 2.45) is 0 Å². The van der Waals surface area contributed by atoms with Crippen LogP contribution in [0.15, 0.2) is 18.2 Å². The first-order chi connectivity index (χ1) is 8.62. The molecular formula is C13H17NO4. The molecule has 0 heterocycles. The van der Waals surface area contributed by atoms with Gasteiger partial charge in [-0.2, -0.15) is 0 Å². The molecule has 98 valence electrons. The van der Waals surface area contributed by atoms with E-state index in [9.17, 15) is 9.59 Å². The minimum atomic E-state index is -0.466. The third-order valence-corrected chi connectivity index (χ3v) is 2.50. The lowest BCUT2D eigenvalue weighted by atomic mass is 10.0. The smallest absolute Gasteiger partial charge is 0.337 e. The molecule has 1 N–H and O–H groups in total. The number of ether oxygens (including phenoxy) is 2. The van der Waals surface area contributed by atoms with Crippen molar-refractivity contribution < 1.29 is 19.1 Å². The highest BCUT2D eigenvalue weighted by Crippen LogP contribution is 2.13. The molecule has 0 atom stereocenters. The van der Waals surface area contributed by atoms with Crippen molar-refractivity contribution in [1.29, 1.82) is 0 Å². The normalized spacial score (nSPS) is 9.94. The Kier molecular flexibility index (Phi) is 5.32. The van der Waals surface area contributed by atoms with Crippen LogP contribution in [-0.2, 0) is 15.9 Å². The maximum atomic E-state index is 11.5. The Morgan fingerprint density at radius 1 is 1.06 bits per heavy atom. The number of rotatable bonds is 5. The van der Waals surface area contributed by atoms with Crippen molar-refractivity contribution in [3.63, 3.8) is 0 Å². The topological polar surface area (TPSA) is 64.6 Å². The molecule has 0 aliphatic rings. The van der Waals surface area contributed by atoms with Gasteiger partial charge in [-0.15, -0.1) is 0 Å².